The Bertz CT molecular complexity index is 547. The van der Waals surface area contributed by atoms with Crippen molar-refractivity contribution in [3.8, 4) is 0 Å². The zero-order valence-electron chi connectivity index (χ0n) is 11.1. The minimum Gasteiger partial charge on any atom is -0.481 e. The van der Waals surface area contributed by atoms with E-state index in [0.29, 0.717) is 0 Å². The zero-order valence-corrected chi connectivity index (χ0v) is 11.1. The van der Waals surface area contributed by atoms with Crippen LogP contribution in [0.5, 0.6) is 0 Å². The standard InChI is InChI=1S/C15H19NO3/c1-11(8-15(17)18)9-16-7-6-12-10-19-14-5-3-2-4-13(12)14/h2-5,10-11,16H,6-9H2,1H3,(H,17,18). The summed E-state index contributed by atoms with van der Waals surface area (Å²) >= 11 is 0. The van der Waals surface area contributed by atoms with Gasteiger partial charge in [0.2, 0.25) is 0 Å². The summed E-state index contributed by atoms with van der Waals surface area (Å²) in [7, 11) is 0. The topological polar surface area (TPSA) is 62.5 Å². The van der Waals surface area contributed by atoms with Crippen LogP contribution in [0.3, 0.4) is 0 Å². The van der Waals surface area contributed by atoms with Crippen LogP contribution in [-0.2, 0) is 11.2 Å². The molecule has 4 heteroatoms. The third kappa shape index (κ3) is 3.83. The van der Waals surface area contributed by atoms with Crippen molar-refractivity contribution in [2.24, 2.45) is 5.92 Å². The normalized spacial score (nSPS) is 12.7. The summed E-state index contributed by atoms with van der Waals surface area (Å²) in [5.74, 6) is -0.589. The molecule has 0 fully saturated rings. The predicted molar refractivity (Wildman–Crippen MR) is 74.2 cm³/mol. The van der Waals surface area contributed by atoms with Gasteiger partial charge in [-0.2, -0.15) is 0 Å². The highest BCUT2D eigenvalue weighted by Gasteiger charge is 2.08. The van der Waals surface area contributed by atoms with Gasteiger partial charge in [-0.15, -0.1) is 0 Å². The fraction of sp³-hybridized carbons (Fsp3) is 0.400. The zero-order chi connectivity index (χ0) is 13.7. The Morgan fingerprint density at radius 2 is 2.21 bits per heavy atom. The smallest absolute Gasteiger partial charge is 0.303 e. The Morgan fingerprint density at radius 1 is 1.42 bits per heavy atom. The van der Waals surface area contributed by atoms with E-state index < -0.39 is 5.97 Å². The molecule has 0 amide bonds. The summed E-state index contributed by atoms with van der Waals surface area (Å²) in [5.41, 5.74) is 2.10. The summed E-state index contributed by atoms with van der Waals surface area (Å²) in [4.78, 5) is 10.5. The van der Waals surface area contributed by atoms with Crippen molar-refractivity contribution in [1.29, 1.82) is 0 Å². The summed E-state index contributed by atoms with van der Waals surface area (Å²) in [6.45, 7) is 3.49. The number of rotatable bonds is 7. The van der Waals surface area contributed by atoms with Gasteiger partial charge in [0.15, 0.2) is 0 Å². The molecule has 19 heavy (non-hydrogen) atoms. The molecule has 102 valence electrons. The summed E-state index contributed by atoms with van der Waals surface area (Å²) in [6.07, 6.45) is 2.89. The second-order valence-corrected chi connectivity index (χ2v) is 4.91. The molecular formula is C15H19NO3. The van der Waals surface area contributed by atoms with E-state index in [1.807, 2.05) is 25.1 Å². The lowest BCUT2D eigenvalue weighted by Gasteiger charge is -2.09. The number of nitrogens with one attached hydrogen (secondary N) is 1. The molecule has 2 N–H and O–H groups in total. The second kappa shape index (κ2) is 6.38. The first-order valence-electron chi connectivity index (χ1n) is 6.54. The van der Waals surface area contributed by atoms with E-state index in [-0.39, 0.29) is 12.3 Å². The van der Waals surface area contributed by atoms with Crippen molar-refractivity contribution in [2.75, 3.05) is 13.1 Å². The first-order chi connectivity index (χ1) is 9.16. The fourth-order valence-corrected chi connectivity index (χ4v) is 2.17. The largest absolute Gasteiger partial charge is 0.481 e. The van der Waals surface area contributed by atoms with Crippen LogP contribution >= 0.6 is 0 Å². The van der Waals surface area contributed by atoms with Crippen LogP contribution in [0.25, 0.3) is 11.0 Å². The number of furan rings is 1. The van der Waals surface area contributed by atoms with Crippen molar-refractivity contribution in [3.63, 3.8) is 0 Å². The van der Waals surface area contributed by atoms with Crippen LogP contribution < -0.4 is 5.32 Å². The van der Waals surface area contributed by atoms with Gasteiger partial charge in [0.05, 0.1) is 6.26 Å². The van der Waals surface area contributed by atoms with Crippen LogP contribution in [-0.4, -0.2) is 24.2 Å². The number of fused-ring (bicyclic) bond motifs is 1. The first-order valence-corrected chi connectivity index (χ1v) is 6.54. The lowest BCUT2D eigenvalue weighted by molar-refractivity contribution is -0.137. The molecule has 1 aromatic heterocycles. The first kappa shape index (κ1) is 13.6. The quantitative estimate of drug-likeness (QED) is 0.752. The van der Waals surface area contributed by atoms with E-state index in [0.717, 1.165) is 30.5 Å². The molecule has 0 aliphatic carbocycles. The van der Waals surface area contributed by atoms with Crippen molar-refractivity contribution < 1.29 is 14.3 Å². The molecule has 2 aromatic rings. The molecule has 0 spiro atoms. The monoisotopic (exact) mass is 261 g/mol. The molecule has 0 radical (unpaired) electrons. The highest BCUT2D eigenvalue weighted by molar-refractivity contribution is 5.80. The van der Waals surface area contributed by atoms with Crippen molar-refractivity contribution in [2.45, 2.75) is 19.8 Å². The number of aliphatic carboxylic acids is 1. The lowest BCUT2D eigenvalue weighted by Crippen LogP contribution is -2.24. The molecule has 4 nitrogen and oxygen atoms in total. The molecule has 0 aliphatic heterocycles. The number of para-hydroxylation sites is 1. The maximum absolute atomic E-state index is 10.5. The van der Waals surface area contributed by atoms with E-state index in [9.17, 15) is 4.79 Å². The fourth-order valence-electron chi connectivity index (χ4n) is 2.17. The van der Waals surface area contributed by atoms with Gasteiger partial charge in [-0.1, -0.05) is 25.1 Å². The number of carbonyl (C=O) groups is 1. The molecule has 1 aromatic carbocycles. The maximum atomic E-state index is 10.5. The molecular weight excluding hydrogens is 242 g/mol. The molecule has 1 heterocycles. The third-order valence-corrected chi connectivity index (χ3v) is 3.15. The van der Waals surface area contributed by atoms with Crippen LogP contribution in [0.4, 0.5) is 0 Å². The van der Waals surface area contributed by atoms with Crippen LogP contribution in [0.1, 0.15) is 18.9 Å². The second-order valence-electron chi connectivity index (χ2n) is 4.91. The van der Waals surface area contributed by atoms with Crippen molar-refractivity contribution in [1.82, 2.24) is 5.32 Å². The van der Waals surface area contributed by atoms with Gasteiger partial charge in [-0.25, -0.2) is 0 Å². The SMILES string of the molecule is CC(CNCCc1coc2ccccc12)CC(=O)O. The Balaban J connectivity index is 1.78. The van der Waals surface area contributed by atoms with Gasteiger partial charge >= 0.3 is 5.97 Å². The molecule has 0 saturated heterocycles. The molecule has 0 bridgehead atoms. The summed E-state index contributed by atoms with van der Waals surface area (Å²) in [5, 5.41) is 13.1. The van der Waals surface area contributed by atoms with Gasteiger partial charge in [0.25, 0.3) is 0 Å². The molecule has 1 unspecified atom stereocenters. The average molecular weight is 261 g/mol. The van der Waals surface area contributed by atoms with Gasteiger partial charge in [-0.3, -0.25) is 4.79 Å². The van der Waals surface area contributed by atoms with E-state index >= 15 is 0 Å². The molecule has 0 saturated carbocycles. The average Bonchev–Trinajstić information content (AvgIpc) is 2.77. The number of carboxylic acids is 1. The third-order valence-electron chi connectivity index (χ3n) is 3.15. The van der Waals surface area contributed by atoms with Gasteiger partial charge in [0, 0.05) is 11.8 Å². The predicted octanol–water partition coefficient (Wildman–Crippen LogP) is 2.68. The van der Waals surface area contributed by atoms with Gasteiger partial charge < -0.3 is 14.8 Å². The number of carboxylic acid groups (broad SMARTS) is 1. The molecule has 1 atom stereocenters. The number of benzene rings is 1. The lowest BCUT2D eigenvalue weighted by atomic mass is 10.1. The van der Waals surface area contributed by atoms with E-state index in [1.165, 1.54) is 5.56 Å². The number of hydrogen-bond donors (Lipinski definition) is 2. The maximum Gasteiger partial charge on any atom is 0.303 e. The Morgan fingerprint density at radius 3 is 3.00 bits per heavy atom. The Hall–Kier alpha value is -1.81. The van der Waals surface area contributed by atoms with E-state index in [1.54, 1.807) is 6.26 Å². The minimum atomic E-state index is -0.741. The van der Waals surface area contributed by atoms with E-state index in [4.69, 9.17) is 9.52 Å². The van der Waals surface area contributed by atoms with Gasteiger partial charge in [0.1, 0.15) is 5.58 Å². The molecule has 2 rings (SSSR count). The van der Waals surface area contributed by atoms with Crippen molar-refractivity contribution in [3.05, 3.63) is 36.1 Å². The minimum absolute atomic E-state index is 0.151. The summed E-state index contributed by atoms with van der Waals surface area (Å²) < 4.78 is 5.47. The van der Waals surface area contributed by atoms with Crippen LogP contribution in [0.15, 0.2) is 34.9 Å². The highest BCUT2D eigenvalue weighted by atomic mass is 16.4. The Labute approximate surface area is 112 Å². The summed E-state index contributed by atoms with van der Waals surface area (Å²) in [6, 6.07) is 7.98. The van der Waals surface area contributed by atoms with Crippen LogP contribution in [0.2, 0.25) is 0 Å². The molecule has 0 aliphatic rings. The van der Waals surface area contributed by atoms with E-state index in [2.05, 4.69) is 11.4 Å². The van der Waals surface area contributed by atoms with Gasteiger partial charge in [-0.05, 0) is 37.1 Å². The Kier molecular flexibility index (Phi) is 4.58. The van der Waals surface area contributed by atoms with Crippen LogP contribution in [0, 0.1) is 5.92 Å². The van der Waals surface area contributed by atoms with Crippen molar-refractivity contribution >= 4 is 16.9 Å². The highest BCUT2D eigenvalue weighted by Crippen LogP contribution is 2.20. The number of hydrogen-bond acceptors (Lipinski definition) is 3.